The van der Waals surface area contributed by atoms with Gasteiger partial charge in [-0.05, 0) is 65.0 Å². The maximum absolute atomic E-state index is 5.38. The predicted molar refractivity (Wildman–Crippen MR) is 62.3 cm³/mol. The molecular formula is C10H26ClN4Na. The Morgan fingerprint density at radius 3 is 1.25 bits per heavy atom. The van der Waals surface area contributed by atoms with Gasteiger partial charge in [-0.25, -0.2) is 0 Å². The second kappa shape index (κ2) is 21.4. The average Bonchev–Trinajstić information content (AvgIpc) is 2.21. The van der Waals surface area contributed by atoms with Gasteiger partial charge in [0.1, 0.15) is 0 Å². The van der Waals surface area contributed by atoms with Crippen LogP contribution in [-0.2, 0) is 0 Å². The fourth-order valence-corrected chi connectivity index (χ4v) is 1.20. The number of unbranched alkanes of at least 4 members (excludes halogenated alkanes) is 1. The van der Waals surface area contributed by atoms with Gasteiger partial charge in [-0.3, -0.25) is 0 Å². The summed E-state index contributed by atoms with van der Waals surface area (Å²) in [7, 11) is 0. The minimum Gasteiger partial charge on any atom is -1.00 e. The van der Waals surface area contributed by atoms with Gasteiger partial charge in [0.05, 0.1) is 0 Å². The van der Waals surface area contributed by atoms with Crippen molar-refractivity contribution in [3.05, 3.63) is 0 Å². The molecule has 0 rings (SSSR count). The molecule has 0 aromatic rings. The number of hydrogen-bond donors (Lipinski definition) is 4. The summed E-state index contributed by atoms with van der Waals surface area (Å²) in [6, 6.07) is 0. The first-order valence-electron chi connectivity index (χ1n) is 5.73. The molecule has 0 aromatic heterocycles. The maximum atomic E-state index is 5.38. The largest absolute Gasteiger partial charge is 1.00 e. The zero-order valence-corrected chi connectivity index (χ0v) is 13.4. The van der Waals surface area contributed by atoms with Crippen LogP contribution in [0.3, 0.4) is 0 Å². The Morgan fingerprint density at radius 2 is 0.938 bits per heavy atom. The minimum absolute atomic E-state index is 0. The molecule has 0 saturated heterocycles. The van der Waals surface area contributed by atoms with E-state index < -0.39 is 0 Å². The Hall–Kier alpha value is 1.13. The first-order valence-corrected chi connectivity index (χ1v) is 5.73. The van der Waals surface area contributed by atoms with Crippen molar-refractivity contribution in [2.75, 3.05) is 39.3 Å². The van der Waals surface area contributed by atoms with E-state index in [2.05, 4.69) is 10.6 Å². The van der Waals surface area contributed by atoms with E-state index in [1.165, 1.54) is 12.8 Å². The van der Waals surface area contributed by atoms with Crippen molar-refractivity contribution < 1.29 is 42.0 Å². The topological polar surface area (TPSA) is 76.1 Å². The van der Waals surface area contributed by atoms with Gasteiger partial charge in [0.2, 0.25) is 0 Å². The number of nitrogens with one attached hydrogen (secondary N) is 2. The van der Waals surface area contributed by atoms with Gasteiger partial charge in [-0.15, -0.1) is 0 Å². The fraction of sp³-hybridized carbons (Fsp3) is 1.00. The van der Waals surface area contributed by atoms with Gasteiger partial charge in [0.25, 0.3) is 0 Å². The summed E-state index contributed by atoms with van der Waals surface area (Å²) < 4.78 is 0. The monoisotopic (exact) mass is 260 g/mol. The van der Waals surface area contributed by atoms with Crippen LogP contribution in [0.5, 0.6) is 0 Å². The van der Waals surface area contributed by atoms with Crippen LogP contribution in [0.4, 0.5) is 0 Å². The SMILES string of the molecule is NCCCNCCCCNCCCN.[Cl-].[Na+]. The molecule has 6 heteroatoms. The summed E-state index contributed by atoms with van der Waals surface area (Å²) >= 11 is 0. The number of nitrogens with two attached hydrogens (primary N) is 2. The van der Waals surface area contributed by atoms with Crippen LogP contribution in [0.15, 0.2) is 0 Å². The van der Waals surface area contributed by atoms with Crippen LogP contribution in [-0.4, -0.2) is 39.3 Å². The van der Waals surface area contributed by atoms with Crippen LogP contribution in [0.1, 0.15) is 25.7 Å². The third-order valence-corrected chi connectivity index (χ3v) is 2.07. The van der Waals surface area contributed by atoms with Crippen LogP contribution < -0.4 is 64.1 Å². The number of halogens is 1. The van der Waals surface area contributed by atoms with Crippen LogP contribution in [0.25, 0.3) is 0 Å². The molecule has 4 nitrogen and oxygen atoms in total. The molecule has 0 heterocycles. The van der Waals surface area contributed by atoms with Crippen molar-refractivity contribution in [3.8, 4) is 0 Å². The maximum Gasteiger partial charge on any atom is 1.00 e. The van der Waals surface area contributed by atoms with E-state index in [1.807, 2.05) is 0 Å². The van der Waals surface area contributed by atoms with E-state index in [9.17, 15) is 0 Å². The predicted octanol–water partition coefficient (Wildman–Crippen LogP) is -6.35. The molecule has 0 bridgehead atoms. The molecule has 6 N–H and O–H groups in total. The third kappa shape index (κ3) is 20.5. The van der Waals surface area contributed by atoms with Crippen LogP contribution in [0, 0.1) is 0 Å². The Bertz CT molecular complexity index is 96.8. The van der Waals surface area contributed by atoms with Gasteiger partial charge in [-0.1, -0.05) is 0 Å². The Balaban J connectivity index is -0.000000845. The molecule has 0 fully saturated rings. The average molecular weight is 261 g/mol. The normalized spacial score (nSPS) is 9.38. The van der Waals surface area contributed by atoms with Crippen molar-refractivity contribution in [1.82, 2.24) is 10.6 Å². The van der Waals surface area contributed by atoms with Gasteiger partial charge in [0.15, 0.2) is 0 Å². The standard InChI is InChI=1S/C10H26N4.ClH.Na/c11-5-3-9-13-7-1-2-8-14-10-4-6-12;;/h13-14H,1-12H2;1H;/q;;+1/p-1. The molecule has 0 atom stereocenters. The van der Waals surface area contributed by atoms with Crippen molar-refractivity contribution in [3.63, 3.8) is 0 Å². The minimum atomic E-state index is 0. The summed E-state index contributed by atoms with van der Waals surface area (Å²) in [6.07, 6.45) is 4.63. The fourth-order valence-electron chi connectivity index (χ4n) is 1.20. The Morgan fingerprint density at radius 1 is 0.625 bits per heavy atom. The molecule has 0 unspecified atom stereocenters. The van der Waals surface area contributed by atoms with E-state index in [0.717, 1.165) is 52.1 Å². The number of hydrogen-bond acceptors (Lipinski definition) is 4. The summed E-state index contributed by atoms with van der Waals surface area (Å²) in [4.78, 5) is 0. The first kappa shape index (κ1) is 22.3. The van der Waals surface area contributed by atoms with E-state index in [1.54, 1.807) is 0 Å². The summed E-state index contributed by atoms with van der Waals surface area (Å²) in [5.41, 5.74) is 10.8. The summed E-state index contributed by atoms with van der Waals surface area (Å²) in [6.45, 7) is 5.90. The summed E-state index contributed by atoms with van der Waals surface area (Å²) in [5.74, 6) is 0. The van der Waals surface area contributed by atoms with Crippen molar-refractivity contribution in [2.24, 2.45) is 11.5 Å². The van der Waals surface area contributed by atoms with Crippen LogP contribution >= 0.6 is 0 Å². The third-order valence-electron chi connectivity index (χ3n) is 2.07. The molecule has 0 aliphatic rings. The zero-order valence-electron chi connectivity index (χ0n) is 10.6. The second-order valence-electron chi connectivity index (χ2n) is 3.49. The first-order chi connectivity index (χ1) is 6.91. The molecule has 0 radical (unpaired) electrons. The van der Waals surface area contributed by atoms with E-state index >= 15 is 0 Å². The molecule has 94 valence electrons. The Labute approximate surface area is 128 Å². The van der Waals surface area contributed by atoms with E-state index in [4.69, 9.17) is 11.5 Å². The molecule has 0 saturated carbocycles. The second-order valence-corrected chi connectivity index (χ2v) is 3.49. The quantitative estimate of drug-likeness (QED) is 0.220. The van der Waals surface area contributed by atoms with Crippen molar-refractivity contribution in [2.45, 2.75) is 25.7 Å². The molecule has 0 aliphatic heterocycles. The van der Waals surface area contributed by atoms with Crippen LogP contribution in [0.2, 0.25) is 0 Å². The Kier molecular flexibility index (Phi) is 29.9. The van der Waals surface area contributed by atoms with Gasteiger partial charge >= 0.3 is 29.6 Å². The molecule has 0 aromatic carbocycles. The van der Waals surface area contributed by atoms with Gasteiger partial charge < -0.3 is 34.5 Å². The molecule has 16 heavy (non-hydrogen) atoms. The van der Waals surface area contributed by atoms with Gasteiger partial charge in [0, 0.05) is 0 Å². The molecule has 0 spiro atoms. The van der Waals surface area contributed by atoms with E-state index in [0.29, 0.717) is 0 Å². The summed E-state index contributed by atoms with van der Waals surface area (Å²) in [5, 5.41) is 6.72. The molecular weight excluding hydrogens is 235 g/mol. The number of rotatable bonds is 11. The zero-order chi connectivity index (χ0) is 10.5. The van der Waals surface area contributed by atoms with E-state index in [-0.39, 0.29) is 42.0 Å². The van der Waals surface area contributed by atoms with Crippen molar-refractivity contribution in [1.29, 1.82) is 0 Å². The van der Waals surface area contributed by atoms with Crippen molar-refractivity contribution >= 4 is 0 Å². The molecule has 0 amide bonds. The van der Waals surface area contributed by atoms with Gasteiger partial charge in [-0.2, -0.15) is 0 Å². The smallest absolute Gasteiger partial charge is 1.00 e. The molecule has 0 aliphatic carbocycles.